The van der Waals surface area contributed by atoms with Gasteiger partial charge in [-0.2, -0.15) is 0 Å². The van der Waals surface area contributed by atoms with Crippen LogP contribution < -0.4 is 0 Å². The topological polar surface area (TPSA) is 57.6 Å². The van der Waals surface area contributed by atoms with Crippen LogP contribution in [0.1, 0.15) is 19.4 Å². The lowest BCUT2D eigenvalue weighted by molar-refractivity contribution is 0.0639. The van der Waals surface area contributed by atoms with Crippen molar-refractivity contribution in [1.29, 1.82) is 0 Å². The van der Waals surface area contributed by atoms with Crippen LogP contribution in [0, 0.1) is 0 Å². The summed E-state index contributed by atoms with van der Waals surface area (Å²) in [6.45, 7) is 3.26. The van der Waals surface area contributed by atoms with Gasteiger partial charge in [-0.25, -0.2) is 12.7 Å². The second-order valence-corrected chi connectivity index (χ2v) is 6.89. The lowest BCUT2D eigenvalue weighted by Crippen LogP contribution is -2.40. The lowest BCUT2D eigenvalue weighted by atomic mass is 10.1. The molecule has 5 heteroatoms. The van der Waals surface area contributed by atoms with E-state index >= 15 is 0 Å². The van der Waals surface area contributed by atoms with E-state index in [1.165, 1.54) is 11.4 Å². The van der Waals surface area contributed by atoms with Crippen LogP contribution in [0.5, 0.6) is 0 Å². The molecule has 0 aliphatic rings. The molecule has 0 aliphatic carbocycles. The maximum atomic E-state index is 12.0. The summed E-state index contributed by atoms with van der Waals surface area (Å²) >= 11 is 0. The van der Waals surface area contributed by atoms with E-state index in [0.717, 1.165) is 5.56 Å². The largest absolute Gasteiger partial charge is 0.389 e. The Balaban J connectivity index is 2.76. The third kappa shape index (κ3) is 4.85. The Morgan fingerprint density at radius 3 is 2.24 bits per heavy atom. The summed E-state index contributed by atoms with van der Waals surface area (Å²) in [6, 6.07) is 9.00. The predicted molar refractivity (Wildman–Crippen MR) is 68.0 cm³/mol. The molecule has 1 aromatic rings. The number of aliphatic hydroxyl groups is 1. The Morgan fingerprint density at radius 1 is 1.24 bits per heavy atom. The normalized spacial score (nSPS) is 13.0. The van der Waals surface area contributed by atoms with Gasteiger partial charge in [-0.3, -0.25) is 0 Å². The predicted octanol–water partition coefficient (Wildman–Crippen LogP) is 1.22. The van der Waals surface area contributed by atoms with Gasteiger partial charge in [-0.05, 0) is 19.4 Å². The molecule has 0 bridgehead atoms. The van der Waals surface area contributed by atoms with E-state index in [0.29, 0.717) is 0 Å². The lowest BCUT2D eigenvalue weighted by Gasteiger charge is -2.25. The molecular weight excluding hydrogens is 238 g/mol. The standard InChI is InChI=1S/C12H19NO3S/c1-12(2,14)10-13(3)17(15,16)9-11-7-5-4-6-8-11/h4-8,14H,9-10H2,1-3H3. The molecule has 96 valence electrons. The van der Waals surface area contributed by atoms with Gasteiger partial charge >= 0.3 is 0 Å². The average molecular weight is 257 g/mol. The second kappa shape index (κ2) is 5.16. The van der Waals surface area contributed by atoms with Gasteiger partial charge in [0.05, 0.1) is 11.4 Å². The maximum Gasteiger partial charge on any atom is 0.218 e. The van der Waals surface area contributed by atoms with Crippen LogP contribution >= 0.6 is 0 Å². The van der Waals surface area contributed by atoms with Crippen LogP contribution in [0.2, 0.25) is 0 Å². The number of sulfonamides is 1. The summed E-state index contributed by atoms with van der Waals surface area (Å²) in [6.07, 6.45) is 0. The Labute approximate surface area is 103 Å². The summed E-state index contributed by atoms with van der Waals surface area (Å²) in [7, 11) is -1.89. The van der Waals surface area contributed by atoms with Gasteiger partial charge in [0.25, 0.3) is 0 Å². The molecule has 0 unspecified atom stereocenters. The molecule has 0 amide bonds. The van der Waals surface area contributed by atoms with E-state index < -0.39 is 15.6 Å². The highest BCUT2D eigenvalue weighted by atomic mass is 32.2. The quantitative estimate of drug-likeness (QED) is 0.863. The second-order valence-electron chi connectivity index (χ2n) is 4.81. The average Bonchev–Trinajstić information content (AvgIpc) is 2.15. The highest BCUT2D eigenvalue weighted by molar-refractivity contribution is 7.88. The zero-order valence-corrected chi connectivity index (χ0v) is 11.2. The maximum absolute atomic E-state index is 12.0. The number of hydrogen-bond acceptors (Lipinski definition) is 3. The molecule has 0 heterocycles. The molecule has 17 heavy (non-hydrogen) atoms. The monoisotopic (exact) mass is 257 g/mol. The number of benzene rings is 1. The zero-order chi connectivity index (χ0) is 13.1. The van der Waals surface area contributed by atoms with E-state index in [4.69, 9.17) is 0 Å². The van der Waals surface area contributed by atoms with E-state index in [9.17, 15) is 13.5 Å². The summed E-state index contributed by atoms with van der Waals surface area (Å²) < 4.78 is 25.2. The van der Waals surface area contributed by atoms with E-state index in [2.05, 4.69) is 0 Å². The van der Waals surface area contributed by atoms with Gasteiger partial charge in [-0.15, -0.1) is 0 Å². The molecule has 0 atom stereocenters. The highest BCUT2D eigenvalue weighted by Gasteiger charge is 2.24. The third-order valence-corrected chi connectivity index (χ3v) is 4.05. The van der Waals surface area contributed by atoms with E-state index in [1.54, 1.807) is 38.1 Å². The summed E-state index contributed by atoms with van der Waals surface area (Å²) in [5, 5.41) is 9.61. The summed E-state index contributed by atoms with van der Waals surface area (Å²) in [5.74, 6) is -0.0413. The Kier molecular flexibility index (Phi) is 4.30. The first-order chi connectivity index (χ1) is 7.71. The van der Waals surface area contributed by atoms with Gasteiger partial charge in [0, 0.05) is 13.6 Å². The van der Waals surface area contributed by atoms with Crippen molar-refractivity contribution < 1.29 is 13.5 Å². The molecule has 1 rings (SSSR count). The molecule has 0 aliphatic heterocycles. The SMILES string of the molecule is CN(CC(C)(C)O)S(=O)(=O)Cc1ccccc1. The molecule has 0 spiro atoms. The van der Waals surface area contributed by atoms with Crippen molar-refractivity contribution in [3.05, 3.63) is 35.9 Å². The highest BCUT2D eigenvalue weighted by Crippen LogP contribution is 2.12. The van der Waals surface area contributed by atoms with Crippen molar-refractivity contribution in [2.75, 3.05) is 13.6 Å². The number of hydrogen-bond donors (Lipinski definition) is 1. The van der Waals surface area contributed by atoms with Gasteiger partial charge in [0.15, 0.2) is 0 Å². The fourth-order valence-corrected chi connectivity index (χ4v) is 2.89. The van der Waals surface area contributed by atoms with Crippen molar-refractivity contribution in [2.45, 2.75) is 25.2 Å². The molecule has 0 radical (unpaired) electrons. The molecule has 0 saturated heterocycles. The number of rotatable bonds is 5. The van der Waals surface area contributed by atoms with Crippen molar-refractivity contribution in [3.8, 4) is 0 Å². The van der Waals surface area contributed by atoms with Crippen molar-refractivity contribution >= 4 is 10.0 Å². The molecule has 1 N–H and O–H groups in total. The Bertz CT molecular complexity index is 448. The molecular formula is C12H19NO3S. The summed E-state index contributed by atoms with van der Waals surface area (Å²) in [4.78, 5) is 0. The van der Waals surface area contributed by atoms with Crippen molar-refractivity contribution in [1.82, 2.24) is 4.31 Å². The molecule has 0 fully saturated rings. The molecule has 0 saturated carbocycles. The first kappa shape index (κ1) is 14.2. The number of likely N-dealkylation sites (N-methyl/N-ethyl adjacent to an activating group) is 1. The zero-order valence-electron chi connectivity index (χ0n) is 10.4. The van der Waals surface area contributed by atoms with Gasteiger partial charge < -0.3 is 5.11 Å². The van der Waals surface area contributed by atoms with Crippen LogP contribution in [0.4, 0.5) is 0 Å². The van der Waals surface area contributed by atoms with Crippen LogP contribution in [0.25, 0.3) is 0 Å². The van der Waals surface area contributed by atoms with Crippen LogP contribution in [0.15, 0.2) is 30.3 Å². The fourth-order valence-electron chi connectivity index (χ4n) is 1.54. The van der Waals surface area contributed by atoms with Crippen LogP contribution in [0.3, 0.4) is 0 Å². The van der Waals surface area contributed by atoms with E-state index in [1.807, 2.05) is 6.07 Å². The minimum atomic E-state index is -3.37. The smallest absolute Gasteiger partial charge is 0.218 e. The Hall–Kier alpha value is -0.910. The van der Waals surface area contributed by atoms with Gasteiger partial charge in [0.1, 0.15) is 0 Å². The molecule has 1 aromatic carbocycles. The minimum absolute atomic E-state index is 0.0413. The van der Waals surface area contributed by atoms with Crippen LogP contribution in [-0.4, -0.2) is 37.0 Å². The first-order valence-electron chi connectivity index (χ1n) is 5.41. The van der Waals surface area contributed by atoms with Crippen molar-refractivity contribution in [2.24, 2.45) is 0 Å². The Morgan fingerprint density at radius 2 is 1.76 bits per heavy atom. The van der Waals surface area contributed by atoms with Gasteiger partial charge in [-0.1, -0.05) is 30.3 Å². The van der Waals surface area contributed by atoms with Crippen LogP contribution in [-0.2, 0) is 15.8 Å². The van der Waals surface area contributed by atoms with Crippen molar-refractivity contribution in [3.63, 3.8) is 0 Å². The number of nitrogens with zero attached hydrogens (tertiary/aromatic N) is 1. The molecule has 0 aromatic heterocycles. The third-order valence-electron chi connectivity index (χ3n) is 2.28. The first-order valence-corrected chi connectivity index (χ1v) is 7.02. The fraction of sp³-hybridized carbons (Fsp3) is 0.500. The van der Waals surface area contributed by atoms with Gasteiger partial charge in [0.2, 0.25) is 10.0 Å². The minimum Gasteiger partial charge on any atom is -0.389 e. The van der Waals surface area contributed by atoms with E-state index in [-0.39, 0.29) is 12.3 Å². The molecule has 4 nitrogen and oxygen atoms in total. The summed E-state index contributed by atoms with van der Waals surface area (Å²) in [5.41, 5.74) is -0.284.